The minimum atomic E-state index is -4.46. The number of carbonyl (C=O) groups is 1. The van der Waals surface area contributed by atoms with E-state index in [4.69, 9.17) is 9.72 Å². The van der Waals surface area contributed by atoms with Gasteiger partial charge >= 0.3 is 6.18 Å². The number of piperidine rings is 1. The Labute approximate surface area is 264 Å². The summed E-state index contributed by atoms with van der Waals surface area (Å²) in [6, 6.07) is 10.2. The summed E-state index contributed by atoms with van der Waals surface area (Å²) in [6.45, 7) is 5.84. The van der Waals surface area contributed by atoms with E-state index in [0.717, 1.165) is 38.1 Å². The van der Waals surface area contributed by atoms with Gasteiger partial charge in [0.2, 0.25) is 5.95 Å². The van der Waals surface area contributed by atoms with Gasteiger partial charge in [0, 0.05) is 18.2 Å². The van der Waals surface area contributed by atoms with Crippen LogP contribution in [0, 0.1) is 6.92 Å². The Balaban J connectivity index is 1.30. The lowest BCUT2D eigenvalue weighted by atomic mass is 10.0. The first kappa shape index (κ1) is 31.3. The van der Waals surface area contributed by atoms with Crippen molar-refractivity contribution in [2.45, 2.75) is 57.9 Å². The van der Waals surface area contributed by atoms with Gasteiger partial charge in [-0.2, -0.15) is 18.2 Å². The maximum atomic E-state index is 13.5. The number of nitrogens with one attached hydrogen (secondary N) is 2. The third-order valence-corrected chi connectivity index (χ3v) is 8.55. The Bertz CT molecular complexity index is 1730. The van der Waals surface area contributed by atoms with Crippen LogP contribution in [0.25, 0.3) is 5.69 Å². The highest BCUT2D eigenvalue weighted by Gasteiger charge is 2.36. The van der Waals surface area contributed by atoms with E-state index in [9.17, 15) is 18.0 Å². The highest BCUT2D eigenvalue weighted by atomic mass is 19.4. The largest absolute Gasteiger partial charge is 0.495 e. The van der Waals surface area contributed by atoms with Crippen LogP contribution in [-0.4, -0.2) is 68.8 Å². The van der Waals surface area contributed by atoms with Crippen LogP contribution in [0.15, 0.2) is 48.7 Å². The van der Waals surface area contributed by atoms with E-state index in [1.807, 2.05) is 23.3 Å². The number of carbonyl (C=O) groups excluding carboxylic acids is 1. The van der Waals surface area contributed by atoms with Crippen molar-refractivity contribution in [3.05, 3.63) is 77.0 Å². The van der Waals surface area contributed by atoms with E-state index in [2.05, 4.69) is 37.8 Å². The molecule has 2 aliphatic rings. The zero-order chi connectivity index (χ0) is 32.6. The predicted octanol–water partition coefficient (Wildman–Crippen LogP) is 5.43. The second-order valence-corrected chi connectivity index (χ2v) is 11.7. The molecular weight excluding hydrogens is 599 g/mol. The van der Waals surface area contributed by atoms with E-state index in [-0.39, 0.29) is 30.5 Å². The number of nitrogens with zero attached hydrogens (tertiary/aromatic N) is 7. The summed E-state index contributed by atoms with van der Waals surface area (Å²) < 4.78 is 48.1. The van der Waals surface area contributed by atoms with Crippen LogP contribution in [-0.2, 0) is 12.7 Å². The molecule has 1 saturated heterocycles. The summed E-state index contributed by atoms with van der Waals surface area (Å²) in [5, 5.41) is 15.0. The molecule has 0 saturated carbocycles. The van der Waals surface area contributed by atoms with E-state index in [0.29, 0.717) is 52.1 Å². The first-order valence-corrected chi connectivity index (χ1v) is 15.2. The fraction of sp³-hybridized carbons (Fsp3) is 0.406. The number of aromatic nitrogens is 5. The first-order valence-electron chi connectivity index (χ1n) is 15.2. The number of halogens is 3. The summed E-state index contributed by atoms with van der Waals surface area (Å²) >= 11 is 0. The molecule has 242 valence electrons. The molecule has 2 aliphatic heterocycles. The molecule has 14 heteroatoms. The van der Waals surface area contributed by atoms with Crippen molar-refractivity contribution in [1.29, 1.82) is 0 Å². The molecule has 0 bridgehead atoms. The lowest BCUT2D eigenvalue weighted by Gasteiger charge is -2.37. The Hall–Kier alpha value is -4.72. The molecule has 46 heavy (non-hydrogen) atoms. The normalized spacial score (nSPS) is 16.9. The van der Waals surface area contributed by atoms with Gasteiger partial charge in [0.15, 0.2) is 11.6 Å². The lowest BCUT2D eigenvalue weighted by Crippen LogP contribution is -2.43. The molecule has 0 spiro atoms. The van der Waals surface area contributed by atoms with Crippen molar-refractivity contribution in [2.75, 3.05) is 37.5 Å². The quantitative estimate of drug-likeness (QED) is 0.262. The van der Waals surface area contributed by atoms with Crippen LogP contribution in [0.1, 0.15) is 65.4 Å². The number of alkyl halides is 3. The summed E-state index contributed by atoms with van der Waals surface area (Å²) in [7, 11) is 3.59. The number of methoxy groups -OCH3 is 1. The number of fused-ring (bicyclic) bond motifs is 3. The Morgan fingerprint density at radius 3 is 2.61 bits per heavy atom. The van der Waals surface area contributed by atoms with E-state index in [1.165, 1.54) is 13.2 Å². The van der Waals surface area contributed by atoms with Crippen LogP contribution in [0.3, 0.4) is 0 Å². The molecule has 2 aromatic carbocycles. The molecule has 6 rings (SSSR count). The van der Waals surface area contributed by atoms with Gasteiger partial charge in [0.1, 0.15) is 17.3 Å². The van der Waals surface area contributed by atoms with Gasteiger partial charge < -0.3 is 25.2 Å². The highest BCUT2D eigenvalue weighted by Crippen LogP contribution is 2.41. The van der Waals surface area contributed by atoms with Crippen molar-refractivity contribution in [1.82, 2.24) is 34.9 Å². The number of rotatable bonds is 8. The number of anilines is 3. The van der Waals surface area contributed by atoms with Gasteiger partial charge in [-0.15, -0.1) is 10.2 Å². The predicted molar refractivity (Wildman–Crippen MR) is 167 cm³/mol. The Morgan fingerprint density at radius 2 is 1.89 bits per heavy atom. The van der Waals surface area contributed by atoms with E-state index < -0.39 is 11.7 Å². The number of benzene rings is 2. The molecule has 0 radical (unpaired) electrons. The van der Waals surface area contributed by atoms with Gasteiger partial charge in [-0.05, 0) is 82.2 Å². The maximum Gasteiger partial charge on any atom is 0.416 e. The summed E-state index contributed by atoms with van der Waals surface area (Å²) in [6.07, 6.45) is -0.411. The summed E-state index contributed by atoms with van der Waals surface area (Å²) in [4.78, 5) is 26.6. The number of hydrogen-bond acceptors (Lipinski definition) is 9. The second kappa shape index (κ2) is 12.6. The maximum absolute atomic E-state index is 13.5. The molecule has 4 aromatic rings. The standard InChI is InChI=1S/C32H36F3N9O2/c1-5-25-29-41-40-19(2)44(29)26-17-36-31(39-28(26)43(25)18-20-7-6-8-22(15-20)32(33,34)35)38-24-10-9-21(16-27(24)46-4)30(45)37-23-11-13-42(3)14-12-23/h6-10,15-17,23,25H,5,11-14,18H2,1-4H3,(H,37,45)(H,36,38,39)/t25-/m1/s1. The van der Waals surface area contributed by atoms with Crippen molar-refractivity contribution in [2.24, 2.45) is 0 Å². The topological polar surface area (TPSA) is 113 Å². The average Bonchev–Trinajstić information content (AvgIpc) is 3.43. The highest BCUT2D eigenvalue weighted by molar-refractivity contribution is 5.95. The number of hydrogen-bond donors (Lipinski definition) is 2. The smallest absolute Gasteiger partial charge is 0.416 e. The fourth-order valence-corrected chi connectivity index (χ4v) is 6.08. The van der Waals surface area contributed by atoms with Crippen LogP contribution in [0.5, 0.6) is 5.75 Å². The SMILES string of the molecule is CC[C@@H]1c2nnc(C)n2-c2cnc(Nc3ccc(C(=O)NC4CCN(C)CC4)cc3OC)nc2N1Cc1cccc(C(F)(F)F)c1. The second-order valence-electron chi connectivity index (χ2n) is 11.7. The van der Waals surface area contributed by atoms with Gasteiger partial charge in [0.05, 0.1) is 30.6 Å². The molecule has 1 atom stereocenters. The number of aryl methyl sites for hydroxylation is 1. The Morgan fingerprint density at radius 1 is 1.11 bits per heavy atom. The van der Waals surface area contributed by atoms with Crippen molar-refractivity contribution in [3.8, 4) is 11.4 Å². The monoisotopic (exact) mass is 635 g/mol. The minimum Gasteiger partial charge on any atom is -0.495 e. The summed E-state index contributed by atoms with van der Waals surface area (Å²) in [5.74, 6) is 2.35. The van der Waals surface area contributed by atoms with E-state index in [1.54, 1.807) is 30.5 Å². The first-order chi connectivity index (χ1) is 22.0. The average molecular weight is 636 g/mol. The van der Waals surface area contributed by atoms with Crippen molar-refractivity contribution < 1.29 is 22.7 Å². The molecule has 0 aliphatic carbocycles. The van der Waals surface area contributed by atoms with Crippen LogP contribution in [0.2, 0.25) is 0 Å². The molecule has 2 aromatic heterocycles. The van der Waals surface area contributed by atoms with E-state index >= 15 is 0 Å². The number of likely N-dealkylation sites (tertiary alicyclic amines) is 1. The van der Waals surface area contributed by atoms with Crippen molar-refractivity contribution >= 4 is 23.4 Å². The van der Waals surface area contributed by atoms with Crippen LogP contribution in [0.4, 0.5) is 30.6 Å². The number of amides is 1. The van der Waals surface area contributed by atoms with Crippen LogP contribution < -0.4 is 20.3 Å². The van der Waals surface area contributed by atoms with Crippen molar-refractivity contribution in [3.63, 3.8) is 0 Å². The molecule has 0 unspecified atom stereocenters. The molecular formula is C32H36F3N9O2. The molecule has 1 fully saturated rings. The third kappa shape index (κ3) is 6.21. The molecule has 4 heterocycles. The van der Waals surface area contributed by atoms with Gasteiger partial charge in [-0.3, -0.25) is 9.36 Å². The van der Waals surface area contributed by atoms with Gasteiger partial charge in [0.25, 0.3) is 5.91 Å². The molecule has 11 nitrogen and oxygen atoms in total. The molecule has 2 N–H and O–H groups in total. The van der Waals surface area contributed by atoms with Gasteiger partial charge in [-0.1, -0.05) is 19.1 Å². The fourth-order valence-electron chi connectivity index (χ4n) is 6.08. The lowest BCUT2D eigenvalue weighted by molar-refractivity contribution is -0.137. The number of ether oxygens (including phenoxy) is 1. The Kier molecular flexibility index (Phi) is 8.55. The summed E-state index contributed by atoms with van der Waals surface area (Å²) in [5.41, 5.74) is 1.41. The van der Waals surface area contributed by atoms with Crippen LogP contribution >= 0.6 is 0 Å². The minimum absolute atomic E-state index is 0.122. The molecule has 1 amide bonds. The van der Waals surface area contributed by atoms with Gasteiger partial charge in [-0.25, -0.2) is 4.98 Å². The zero-order valence-electron chi connectivity index (χ0n) is 26.1. The third-order valence-electron chi connectivity index (χ3n) is 8.55. The zero-order valence-corrected chi connectivity index (χ0v) is 26.1.